The smallest absolute Gasteiger partial charge is 0.208 e. The Balaban J connectivity index is 1.63. The van der Waals surface area contributed by atoms with Crippen molar-refractivity contribution < 1.29 is 4.79 Å². The van der Waals surface area contributed by atoms with Crippen molar-refractivity contribution in [1.29, 1.82) is 0 Å². The van der Waals surface area contributed by atoms with Gasteiger partial charge in [-0.15, -0.1) is 0 Å². The van der Waals surface area contributed by atoms with Gasteiger partial charge in [-0.25, -0.2) is 10.0 Å². The van der Waals surface area contributed by atoms with Crippen molar-refractivity contribution >= 4 is 51.3 Å². The summed E-state index contributed by atoms with van der Waals surface area (Å²) in [5, 5.41) is 15.1. The highest BCUT2D eigenvalue weighted by Crippen LogP contribution is 2.50. The third-order valence-corrected chi connectivity index (χ3v) is 8.00. The molecule has 1 unspecified atom stereocenters. The third-order valence-electron chi connectivity index (χ3n) is 6.30. The fourth-order valence-electron chi connectivity index (χ4n) is 4.39. The number of thioether (sulfide) groups is 1. The predicted molar refractivity (Wildman–Crippen MR) is 148 cm³/mol. The first-order valence-corrected chi connectivity index (χ1v) is 12.9. The van der Waals surface area contributed by atoms with Crippen molar-refractivity contribution in [2.45, 2.75) is 44.5 Å². The summed E-state index contributed by atoms with van der Waals surface area (Å²) in [5.41, 5.74) is 5.23. The second-order valence-electron chi connectivity index (χ2n) is 9.07. The Morgan fingerprint density at radius 1 is 0.914 bits per heavy atom. The Bertz CT molecular complexity index is 1290. The number of halogens is 1. The van der Waals surface area contributed by atoms with E-state index in [0.29, 0.717) is 16.0 Å². The Labute approximate surface area is 215 Å². The lowest BCUT2D eigenvalue weighted by Crippen LogP contribution is -2.56. The molecule has 0 saturated heterocycles. The number of nitrogens with zero attached hydrogens (tertiary/aromatic N) is 4. The number of hydrogen-bond acceptors (Lipinski definition) is 6. The standard InChI is InChI=1S/C28H27ClN4OS/c1-19(2)21-9-11-22(12-10-21)26-17-18-28(32(30-26)24-7-5-4-6-8-24)33(31-27(35-28)20(3)34)25-15-13-23(29)14-16-25/h4-16,19H,17-18H2,1-3H3. The van der Waals surface area contributed by atoms with Crippen LogP contribution in [0.4, 0.5) is 11.4 Å². The lowest BCUT2D eigenvalue weighted by Gasteiger charge is -2.46. The number of carbonyl (C=O) groups is 1. The average molecular weight is 503 g/mol. The molecule has 0 N–H and O–H groups in total. The lowest BCUT2D eigenvalue weighted by molar-refractivity contribution is -0.110. The van der Waals surface area contributed by atoms with Gasteiger partial charge in [-0.3, -0.25) is 4.79 Å². The van der Waals surface area contributed by atoms with E-state index < -0.39 is 4.99 Å². The Hall–Kier alpha value is -3.09. The number of ketones is 1. The number of carbonyl (C=O) groups excluding carboxylic acids is 1. The van der Waals surface area contributed by atoms with E-state index in [0.717, 1.165) is 35.5 Å². The van der Waals surface area contributed by atoms with E-state index in [9.17, 15) is 4.79 Å². The Kier molecular flexibility index (Phi) is 6.43. The zero-order valence-corrected chi connectivity index (χ0v) is 21.6. The summed E-state index contributed by atoms with van der Waals surface area (Å²) < 4.78 is 0. The quantitative estimate of drug-likeness (QED) is 0.368. The zero-order chi connectivity index (χ0) is 24.6. The summed E-state index contributed by atoms with van der Waals surface area (Å²) in [4.78, 5) is 11.8. The second-order valence-corrected chi connectivity index (χ2v) is 10.7. The van der Waals surface area contributed by atoms with Gasteiger partial charge >= 0.3 is 0 Å². The van der Waals surface area contributed by atoms with Gasteiger partial charge in [0.15, 0.2) is 10.8 Å². The summed E-state index contributed by atoms with van der Waals surface area (Å²) in [7, 11) is 0. The zero-order valence-electron chi connectivity index (χ0n) is 20.0. The van der Waals surface area contributed by atoms with Gasteiger partial charge < -0.3 is 0 Å². The number of hydrazone groups is 2. The molecular formula is C28H27ClN4OS. The minimum atomic E-state index is -0.711. The van der Waals surface area contributed by atoms with Crippen LogP contribution in [0.25, 0.3) is 0 Å². The van der Waals surface area contributed by atoms with Crippen LogP contribution in [0, 0.1) is 0 Å². The summed E-state index contributed by atoms with van der Waals surface area (Å²) in [6.45, 7) is 5.96. The van der Waals surface area contributed by atoms with Gasteiger partial charge in [0.1, 0.15) is 0 Å². The molecule has 0 radical (unpaired) electrons. The summed E-state index contributed by atoms with van der Waals surface area (Å²) in [5.74, 6) is 0.421. The number of Topliss-reactive ketones (excluding diaryl/α,β-unsaturated/α-hetero) is 1. The molecule has 1 atom stereocenters. The summed E-state index contributed by atoms with van der Waals surface area (Å²) in [6, 6.07) is 26.3. The summed E-state index contributed by atoms with van der Waals surface area (Å²) >= 11 is 7.64. The molecule has 2 heterocycles. The molecule has 0 aromatic heterocycles. The van der Waals surface area contributed by atoms with Gasteiger partial charge in [-0.2, -0.15) is 10.2 Å². The fraction of sp³-hybridized carbons (Fsp3) is 0.250. The van der Waals surface area contributed by atoms with Crippen LogP contribution in [-0.4, -0.2) is 21.5 Å². The van der Waals surface area contributed by atoms with Crippen molar-refractivity contribution in [2.75, 3.05) is 10.0 Å². The van der Waals surface area contributed by atoms with E-state index in [1.54, 1.807) is 6.92 Å². The number of hydrogen-bond donors (Lipinski definition) is 0. The van der Waals surface area contributed by atoms with Crippen LogP contribution in [0.5, 0.6) is 0 Å². The Morgan fingerprint density at radius 3 is 2.17 bits per heavy atom. The molecule has 5 rings (SSSR count). The second kappa shape index (κ2) is 9.51. The van der Waals surface area contributed by atoms with Gasteiger partial charge in [-0.1, -0.05) is 67.9 Å². The molecule has 0 fully saturated rings. The molecule has 7 heteroatoms. The van der Waals surface area contributed by atoms with E-state index in [4.69, 9.17) is 21.8 Å². The highest BCUT2D eigenvalue weighted by Gasteiger charge is 2.52. The predicted octanol–water partition coefficient (Wildman–Crippen LogP) is 7.28. The number of rotatable bonds is 5. The van der Waals surface area contributed by atoms with E-state index >= 15 is 0 Å². The number of para-hydroxylation sites is 1. The minimum absolute atomic E-state index is 0.0575. The molecule has 35 heavy (non-hydrogen) atoms. The van der Waals surface area contributed by atoms with Crippen molar-refractivity contribution in [2.24, 2.45) is 10.2 Å². The lowest BCUT2D eigenvalue weighted by atomic mass is 9.97. The minimum Gasteiger partial charge on any atom is -0.292 e. The van der Waals surface area contributed by atoms with E-state index in [1.165, 1.54) is 17.3 Å². The number of anilines is 2. The molecule has 0 aliphatic carbocycles. The monoisotopic (exact) mass is 502 g/mol. The van der Waals surface area contributed by atoms with Crippen LogP contribution >= 0.6 is 23.4 Å². The molecule has 1 spiro atoms. The fourth-order valence-corrected chi connectivity index (χ4v) is 5.76. The maximum Gasteiger partial charge on any atom is 0.208 e. The van der Waals surface area contributed by atoms with Crippen LogP contribution in [0.15, 0.2) is 89.1 Å². The van der Waals surface area contributed by atoms with Crippen molar-refractivity contribution in [3.05, 3.63) is 95.0 Å². The molecule has 3 aromatic carbocycles. The SMILES string of the molecule is CC(=O)C1=NN(c2ccc(Cl)cc2)C2(CCC(c3ccc(C(C)C)cc3)=NN2c2ccccc2)S1. The topological polar surface area (TPSA) is 48.3 Å². The molecule has 3 aromatic rings. The molecule has 0 amide bonds. The van der Waals surface area contributed by atoms with Crippen LogP contribution in [-0.2, 0) is 4.79 Å². The number of benzene rings is 3. The van der Waals surface area contributed by atoms with Gasteiger partial charge in [0.2, 0.25) is 4.99 Å². The maximum atomic E-state index is 12.5. The molecule has 2 aliphatic rings. The van der Waals surface area contributed by atoms with Crippen molar-refractivity contribution in [3.63, 3.8) is 0 Å². The average Bonchev–Trinajstić information content (AvgIpc) is 3.25. The van der Waals surface area contributed by atoms with Gasteiger partial charge in [0.25, 0.3) is 0 Å². The first-order valence-electron chi connectivity index (χ1n) is 11.7. The third kappa shape index (κ3) is 4.48. The van der Waals surface area contributed by atoms with E-state index in [-0.39, 0.29) is 5.78 Å². The molecule has 2 aliphatic heterocycles. The molecule has 178 valence electrons. The highest BCUT2D eigenvalue weighted by atomic mass is 35.5. The Morgan fingerprint density at radius 2 is 1.54 bits per heavy atom. The van der Waals surface area contributed by atoms with Gasteiger partial charge in [0, 0.05) is 18.4 Å². The highest BCUT2D eigenvalue weighted by molar-refractivity contribution is 8.17. The molecular weight excluding hydrogens is 476 g/mol. The normalized spacial score (nSPS) is 19.8. The van der Waals surface area contributed by atoms with Crippen LogP contribution in [0.3, 0.4) is 0 Å². The van der Waals surface area contributed by atoms with Crippen LogP contribution < -0.4 is 10.0 Å². The molecule has 0 saturated carbocycles. The van der Waals surface area contributed by atoms with Crippen LogP contribution in [0.1, 0.15) is 50.7 Å². The van der Waals surface area contributed by atoms with E-state index in [2.05, 4.69) is 38.1 Å². The maximum absolute atomic E-state index is 12.5. The molecule has 5 nitrogen and oxygen atoms in total. The van der Waals surface area contributed by atoms with Crippen molar-refractivity contribution in [3.8, 4) is 0 Å². The van der Waals surface area contributed by atoms with Gasteiger partial charge in [0.05, 0.1) is 17.1 Å². The van der Waals surface area contributed by atoms with E-state index in [1.807, 2.05) is 64.6 Å². The van der Waals surface area contributed by atoms with Crippen molar-refractivity contribution in [1.82, 2.24) is 0 Å². The molecule has 0 bridgehead atoms. The first kappa shape index (κ1) is 23.6. The first-order chi connectivity index (χ1) is 16.9. The van der Waals surface area contributed by atoms with Gasteiger partial charge in [-0.05, 0) is 71.6 Å². The van der Waals surface area contributed by atoms with Crippen LogP contribution in [0.2, 0.25) is 5.02 Å². The largest absolute Gasteiger partial charge is 0.292 e. The summed E-state index contributed by atoms with van der Waals surface area (Å²) in [6.07, 6.45) is 1.47.